The molecule has 0 bridgehead atoms. The van der Waals surface area contributed by atoms with Crippen LogP contribution in [0.1, 0.15) is 45.4 Å². The van der Waals surface area contributed by atoms with Crippen molar-refractivity contribution in [2.24, 2.45) is 11.1 Å². The van der Waals surface area contributed by atoms with Crippen molar-refractivity contribution in [1.82, 2.24) is 4.90 Å². The van der Waals surface area contributed by atoms with Gasteiger partial charge in [0, 0.05) is 19.6 Å². The molecule has 100 valence electrons. The van der Waals surface area contributed by atoms with Crippen LogP contribution in [-0.4, -0.2) is 43.8 Å². The van der Waals surface area contributed by atoms with E-state index in [1.165, 1.54) is 38.6 Å². The first kappa shape index (κ1) is 13.3. The van der Waals surface area contributed by atoms with Crippen LogP contribution in [0.4, 0.5) is 0 Å². The first-order valence-corrected chi connectivity index (χ1v) is 7.32. The molecule has 3 nitrogen and oxygen atoms in total. The Labute approximate surface area is 106 Å². The van der Waals surface area contributed by atoms with Gasteiger partial charge in [-0.15, -0.1) is 0 Å². The van der Waals surface area contributed by atoms with Gasteiger partial charge in [0.1, 0.15) is 0 Å². The van der Waals surface area contributed by atoms with Gasteiger partial charge in [0.05, 0.1) is 12.7 Å². The molecule has 1 saturated carbocycles. The van der Waals surface area contributed by atoms with Gasteiger partial charge in [-0.25, -0.2) is 0 Å². The lowest BCUT2D eigenvalue weighted by atomic mass is 9.73. The minimum absolute atomic E-state index is 0.411. The minimum atomic E-state index is 0.411. The second-order valence-corrected chi connectivity index (χ2v) is 5.90. The van der Waals surface area contributed by atoms with Gasteiger partial charge in [0.2, 0.25) is 0 Å². The van der Waals surface area contributed by atoms with Crippen LogP contribution in [0, 0.1) is 5.41 Å². The van der Waals surface area contributed by atoms with Crippen LogP contribution in [0.15, 0.2) is 0 Å². The van der Waals surface area contributed by atoms with Crippen LogP contribution >= 0.6 is 0 Å². The predicted octanol–water partition coefficient (Wildman–Crippen LogP) is 2.01. The van der Waals surface area contributed by atoms with Crippen molar-refractivity contribution >= 4 is 0 Å². The van der Waals surface area contributed by atoms with Gasteiger partial charge in [0.25, 0.3) is 0 Å². The van der Waals surface area contributed by atoms with E-state index in [-0.39, 0.29) is 0 Å². The summed E-state index contributed by atoms with van der Waals surface area (Å²) in [5, 5.41) is 0. The van der Waals surface area contributed by atoms with Gasteiger partial charge in [-0.3, -0.25) is 4.90 Å². The van der Waals surface area contributed by atoms with E-state index < -0.39 is 0 Å². The van der Waals surface area contributed by atoms with Gasteiger partial charge in [-0.1, -0.05) is 26.2 Å². The molecule has 2 aliphatic rings. The Morgan fingerprint density at radius 3 is 2.71 bits per heavy atom. The monoisotopic (exact) mass is 240 g/mol. The van der Waals surface area contributed by atoms with E-state index in [9.17, 15) is 0 Å². The minimum Gasteiger partial charge on any atom is -0.376 e. The van der Waals surface area contributed by atoms with Crippen molar-refractivity contribution in [2.45, 2.75) is 51.6 Å². The molecule has 1 aliphatic heterocycles. The third-order valence-corrected chi connectivity index (χ3v) is 4.58. The van der Waals surface area contributed by atoms with E-state index in [1.807, 2.05) is 0 Å². The normalized spacial score (nSPS) is 30.4. The molecular weight excluding hydrogens is 212 g/mol. The fourth-order valence-electron chi connectivity index (χ4n) is 3.37. The largest absolute Gasteiger partial charge is 0.376 e. The summed E-state index contributed by atoms with van der Waals surface area (Å²) in [6.07, 6.45) is 8.39. The Hall–Kier alpha value is -0.120. The molecule has 1 saturated heterocycles. The summed E-state index contributed by atoms with van der Waals surface area (Å²) in [6.45, 7) is 7.38. The fourth-order valence-corrected chi connectivity index (χ4v) is 3.37. The zero-order chi connectivity index (χ0) is 12.1. The fraction of sp³-hybridized carbons (Fsp3) is 1.00. The Bertz CT molecular complexity index is 226. The zero-order valence-electron chi connectivity index (χ0n) is 11.3. The number of hydrogen-bond donors (Lipinski definition) is 1. The van der Waals surface area contributed by atoms with Crippen LogP contribution < -0.4 is 5.73 Å². The number of hydrogen-bond acceptors (Lipinski definition) is 3. The molecule has 17 heavy (non-hydrogen) atoms. The van der Waals surface area contributed by atoms with Gasteiger partial charge in [0.15, 0.2) is 0 Å². The number of morpholine rings is 1. The average molecular weight is 240 g/mol. The molecule has 0 amide bonds. The van der Waals surface area contributed by atoms with Crippen LogP contribution in [0.2, 0.25) is 0 Å². The maximum atomic E-state index is 6.06. The molecule has 0 aromatic heterocycles. The first-order valence-electron chi connectivity index (χ1n) is 7.32. The van der Waals surface area contributed by atoms with Gasteiger partial charge in [-0.05, 0) is 31.2 Å². The Morgan fingerprint density at radius 2 is 2.06 bits per heavy atom. The van der Waals surface area contributed by atoms with E-state index in [4.69, 9.17) is 10.5 Å². The summed E-state index contributed by atoms with van der Waals surface area (Å²) in [4.78, 5) is 2.59. The summed E-state index contributed by atoms with van der Waals surface area (Å²) in [6, 6.07) is 0. The van der Waals surface area contributed by atoms with Gasteiger partial charge in [-0.2, -0.15) is 0 Å². The van der Waals surface area contributed by atoms with Crippen LogP contribution in [0.25, 0.3) is 0 Å². The number of nitrogens with zero attached hydrogens (tertiary/aromatic N) is 1. The number of nitrogens with two attached hydrogens (primary N) is 1. The van der Waals surface area contributed by atoms with Crippen molar-refractivity contribution < 1.29 is 4.74 Å². The third kappa shape index (κ3) is 3.43. The Morgan fingerprint density at radius 1 is 1.29 bits per heavy atom. The molecule has 0 radical (unpaired) electrons. The lowest BCUT2D eigenvalue weighted by molar-refractivity contribution is -0.0454. The quantitative estimate of drug-likeness (QED) is 0.817. The van der Waals surface area contributed by atoms with E-state index in [0.29, 0.717) is 11.5 Å². The lowest BCUT2D eigenvalue weighted by Crippen LogP contribution is -2.50. The van der Waals surface area contributed by atoms with Crippen molar-refractivity contribution in [2.75, 3.05) is 32.8 Å². The molecule has 1 unspecified atom stereocenters. The highest BCUT2D eigenvalue weighted by atomic mass is 16.5. The number of rotatable bonds is 4. The smallest absolute Gasteiger partial charge is 0.0700 e. The van der Waals surface area contributed by atoms with Crippen molar-refractivity contribution in [3.05, 3.63) is 0 Å². The SMILES string of the molecule is CCC1CN(CC2(CN)CCCCC2)CCO1. The molecule has 0 aromatic carbocycles. The Balaban J connectivity index is 1.88. The van der Waals surface area contributed by atoms with E-state index >= 15 is 0 Å². The third-order valence-electron chi connectivity index (χ3n) is 4.58. The van der Waals surface area contributed by atoms with E-state index in [2.05, 4.69) is 11.8 Å². The molecule has 1 heterocycles. The topological polar surface area (TPSA) is 38.5 Å². The van der Waals surface area contributed by atoms with Crippen LogP contribution in [-0.2, 0) is 4.74 Å². The standard InChI is InChI=1S/C14H28N2O/c1-2-13-10-16(8-9-17-13)12-14(11-15)6-4-3-5-7-14/h13H,2-12,15H2,1H3. The Kier molecular flexibility index (Phi) is 4.83. The van der Waals surface area contributed by atoms with Gasteiger partial charge < -0.3 is 10.5 Å². The predicted molar refractivity (Wildman–Crippen MR) is 71.0 cm³/mol. The van der Waals surface area contributed by atoms with Crippen molar-refractivity contribution in [3.63, 3.8) is 0 Å². The molecule has 0 aromatic rings. The van der Waals surface area contributed by atoms with Crippen molar-refractivity contribution in [3.8, 4) is 0 Å². The maximum absolute atomic E-state index is 6.06. The molecule has 2 rings (SSSR count). The van der Waals surface area contributed by atoms with E-state index in [1.54, 1.807) is 0 Å². The summed E-state index contributed by atoms with van der Waals surface area (Å²) in [5.41, 5.74) is 6.48. The van der Waals surface area contributed by atoms with E-state index in [0.717, 1.165) is 32.7 Å². The van der Waals surface area contributed by atoms with Crippen LogP contribution in [0.3, 0.4) is 0 Å². The van der Waals surface area contributed by atoms with Crippen molar-refractivity contribution in [1.29, 1.82) is 0 Å². The second-order valence-electron chi connectivity index (χ2n) is 5.90. The molecule has 3 heteroatoms. The first-order chi connectivity index (χ1) is 8.28. The van der Waals surface area contributed by atoms with Crippen LogP contribution in [0.5, 0.6) is 0 Å². The zero-order valence-corrected chi connectivity index (χ0v) is 11.3. The molecular formula is C14H28N2O. The molecule has 1 atom stereocenters. The second kappa shape index (κ2) is 6.17. The lowest BCUT2D eigenvalue weighted by Gasteiger charge is -2.43. The number of ether oxygens (including phenoxy) is 1. The maximum Gasteiger partial charge on any atom is 0.0700 e. The highest BCUT2D eigenvalue weighted by molar-refractivity contribution is 4.88. The molecule has 0 spiro atoms. The summed E-state index contributed by atoms with van der Waals surface area (Å²) in [5.74, 6) is 0. The highest BCUT2D eigenvalue weighted by Crippen LogP contribution is 2.36. The molecule has 2 fully saturated rings. The van der Waals surface area contributed by atoms with Gasteiger partial charge >= 0.3 is 0 Å². The summed E-state index contributed by atoms with van der Waals surface area (Å²) < 4.78 is 5.74. The molecule has 2 N–H and O–H groups in total. The highest BCUT2D eigenvalue weighted by Gasteiger charge is 2.33. The average Bonchev–Trinajstić information content (AvgIpc) is 2.40. The molecule has 1 aliphatic carbocycles. The summed E-state index contributed by atoms with van der Waals surface area (Å²) in [7, 11) is 0. The summed E-state index contributed by atoms with van der Waals surface area (Å²) >= 11 is 0.